The third-order valence-corrected chi connectivity index (χ3v) is 3.94. The molecule has 1 heterocycles. The van der Waals surface area contributed by atoms with E-state index in [9.17, 15) is 24.5 Å². The van der Waals surface area contributed by atoms with E-state index >= 15 is 0 Å². The average molecular weight is 360 g/mol. The van der Waals surface area contributed by atoms with Crippen LogP contribution in [0.2, 0.25) is 5.02 Å². The Hall–Kier alpha value is -3.26. The van der Waals surface area contributed by atoms with Gasteiger partial charge in [0, 0.05) is 12.1 Å². The van der Waals surface area contributed by atoms with E-state index in [1.54, 1.807) is 24.3 Å². The highest BCUT2D eigenvalue weighted by atomic mass is 35.5. The van der Waals surface area contributed by atoms with Crippen molar-refractivity contribution in [1.29, 1.82) is 0 Å². The van der Waals surface area contributed by atoms with E-state index in [1.165, 1.54) is 6.07 Å². The number of carbonyl (C=O) groups is 3. The summed E-state index contributed by atoms with van der Waals surface area (Å²) in [5, 5.41) is 13.6. The molecule has 0 unspecified atom stereocenters. The van der Waals surface area contributed by atoms with Gasteiger partial charge in [-0.3, -0.25) is 29.4 Å². The first-order valence-electron chi connectivity index (χ1n) is 7.07. The minimum atomic E-state index is -0.752. The molecule has 0 fully saturated rings. The van der Waals surface area contributed by atoms with Gasteiger partial charge in [0.05, 0.1) is 26.8 Å². The van der Waals surface area contributed by atoms with Crippen LogP contribution in [0, 0.1) is 10.1 Å². The Kier molecular flexibility index (Phi) is 4.20. The molecule has 25 heavy (non-hydrogen) atoms. The SMILES string of the molecule is O=C(CN1C(=O)c2ccc([N+](=O)[O-])cc2C1=O)Nc1ccccc1Cl. The number of fused-ring (bicyclic) bond motifs is 1. The molecule has 1 aliphatic rings. The van der Waals surface area contributed by atoms with Gasteiger partial charge in [0.2, 0.25) is 5.91 Å². The summed E-state index contributed by atoms with van der Waals surface area (Å²) in [7, 11) is 0. The lowest BCUT2D eigenvalue weighted by Gasteiger charge is -2.14. The normalized spacial score (nSPS) is 12.9. The van der Waals surface area contributed by atoms with Crippen LogP contribution in [-0.2, 0) is 4.79 Å². The molecule has 2 aromatic carbocycles. The molecule has 0 atom stereocenters. The smallest absolute Gasteiger partial charge is 0.270 e. The third-order valence-electron chi connectivity index (χ3n) is 3.61. The number of rotatable bonds is 4. The zero-order chi connectivity index (χ0) is 18.1. The number of halogens is 1. The molecule has 126 valence electrons. The lowest BCUT2D eigenvalue weighted by Crippen LogP contribution is -2.37. The van der Waals surface area contributed by atoms with Crippen molar-refractivity contribution < 1.29 is 19.3 Å². The van der Waals surface area contributed by atoms with Crippen molar-refractivity contribution in [3.05, 3.63) is 68.7 Å². The molecule has 0 saturated carbocycles. The number of nitro benzene ring substituents is 1. The summed E-state index contributed by atoms with van der Waals surface area (Å²) in [6, 6.07) is 9.89. The second-order valence-corrected chi connectivity index (χ2v) is 5.62. The largest absolute Gasteiger partial charge is 0.323 e. The van der Waals surface area contributed by atoms with Crippen LogP contribution in [0.15, 0.2) is 42.5 Å². The molecule has 9 heteroatoms. The molecule has 0 bridgehead atoms. The van der Waals surface area contributed by atoms with Gasteiger partial charge >= 0.3 is 0 Å². The Morgan fingerprint density at radius 3 is 2.48 bits per heavy atom. The molecule has 3 amide bonds. The number of amides is 3. The van der Waals surface area contributed by atoms with Crippen LogP contribution in [-0.4, -0.2) is 34.1 Å². The van der Waals surface area contributed by atoms with Gasteiger partial charge in [-0.15, -0.1) is 0 Å². The monoisotopic (exact) mass is 359 g/mol. The van der Waals surface area contributed by atoms with E-state index in [-0.39, 0.29) is 16.8 Å². The number of nitrogens with zero attached hydrogens (tertiary/aromatic N) is 2. The number of benzene rings is 2. The van der Waals surface area contributed by atoms with Crippen LogP contribution in [0.1, 0.15) is 20.7 Å². The van der Waals surface area contributed by atoms with Gasteiger partial charge in [0.1, 0.15) is 6.54 Å². The highest BCUT2D eigenvalue weighted by molar-refractivity contribution is 6.33. The van der Waals surface area contributed by atoms with Gasteiger partial charge in [-0.05, 0) is 18.2 Å². The molecule has 0 saturated heterocycles. The Labute approximate surface area is 146 Å². The Morgan fingerprint density at radius 2 is 1.80 bits per heavy atom. The summed E-state index contributed by atoms with van der Waals surface area (Å²) in [6.07, 6.45) is 0. The standard InChI is InChI=1S/C16H10ClN3O5/c17-12-3-1-2-4-13(12)18-14(21)8-19-15(22)10-6-5-9(20(24)25)7-11(10)16(19)23/h1-7H,8H2,(H,18,21). The fourth-order valence-electron chi connectivity index (χ4n) is 2.43. The number of hydrogen-bond acceptors (Lipinski definition) is 5. The van der Waals surface area contributed by atoms with Gasteiger partial charge in [-0.25, -0.2) is 0 Å². The maximum atomic E-state index is 12.3. The fourth-order valence-corrected chi connectivity index (χ4v) is 2.61. The number of nitrogens with one attached hydrogen (secondary N) is 1. The molecule has 1 aliphatic heterocycles. The van der Waals surface area contributed by atoms with Crippen LogP contribution < -0.4 is 5.32 Å². The lowest BCUT2D eigenvalue weighted by atomic mass is 10.1. The van der Waals surface area contributed by atoms with Crippen LogP contribution >= 0.6 is 11.6 Å². The fraction of sp³-hybridized carbons (Fsp3) is 0.0625. The predicted molar refractivity (Wildman–Crippen MR) is 88.5 cm³/mol. The summed E-state index contributed by atoms with van der Waals surface area (Å²) in [5.74, 6) is -2.04. The molecular formula is C16H10ClN3O5. The molecule has 0 spiro atoms. The lowest BCUT2D eigenvalue weighted by molar-refractivity contribution is -0.384. The van der Waals surface area contributed by atoms with Crippen molar-refractivity contribution in [3.63, 3.8) is 0 Å². The van der Waals surface area contributed by atoms with E-state index in [2.05, 4.69) is 5.32 Å². The van der Waals surface area contributed by atoms with Crippen molar-refractivity contribution in [3.8, 4) is 0 Å². The zero-order valence-corrected chi connectivity index (χ0v) is 13.3. The quantitative estimate of drug-likeness (QED) is 0.512. The number of para-hydroxylation sites is 1. The zero-order valence-electron chi connectivity index (χ0n) is 12.6. The van der Waals surface area contributed by atoms with Gasteiger partial charge in [0.25, 0.3) is 17.5 Å². The summed E-state index contributed by atoms with van der Waals surface area (Å²) in [6.45, 7) is -0.522. The first kappa shape index (κ1) is 16.6. The summed E-state index contributed by atoms with van der Waals surface area (Å²) in [5.41, 5.74) is -0.0189. The van der Waals surface area contributed by atoms with Gasteiger partial charge in [-0.1, -0.05) is 23.7 Å². The molecule has 0 aliphatic carbocycles. The predicted octanol–water partition coefficient (Wildman–Crippen LogP) is 2.48. The minimum Gasteiger partial charge on any atom is -0.323 e. The van der Waals surface area contributed by atoms with Gasteiger partial charge < -0.3 is 5.32 Å². The van der Waals surface area contributed by atoms with Crippen molar-refractivity contribution in [2.45, 2.75) is 0 Å². The maximum Gasteiger partial charge on any atom is 0.270 e. The molecule has 1 N–H and O–H groups in total. The topological polar surface area (TPSA) is 110 Å². The molecule has 2 aromatic rings. The van der Waals surface area contributed by atoms with Crippen molar-refractivity contribution in [2.24, 2.45) is 0 Å². The average Bonchev–Trinajstić information content (AvgIpc) is 2.81. The number of nitro groups is 1. The first-order chi connectivity index (χ1) is 11.9. The first-order valence-corrected chi connectivity index (χ1v) is 7.45. The number of non-ortho nitro benzene ring substituents is 1. The van der Waals surface area contributed by atoms with E-state index < -0.39 is 29.2 Å². The summed E-state index contributed by atoms with van der Waals surface area (Å²) >= 11 is 5.94. The molecule has 3 rings (SSSR count). The van der Waals surface area contributed by atoms with Crippen molar-refractivity contribution in [1.82, 2.24) is 4.90 Å². The van der Waals surface area contributed by atoms with E-state index in [0.717, 1.165) is 17.0 Å². The molecule has 0 aromatic heterocycles. The minimum absolute atomic E-state index is 0.0288. The van der Waals surface area contributed by atoms with Crippen LogP contribution in [0.5, 0.6) is 0 Å². The Morgan fingerprint density at radius 1 is 1.12 bits per heavy atom. The van der Waals surface area contributed by atoms with Crippen LogP contribution in [0.3, 0.4) is 0 Å². The maximum absolute atomic E-state index is 12.3. The van der Waals surface area contributed by atoms with Crippen LogP contribution in [0.4, 0.5) is 11.4 Å². The Bertz CT molecular complexity index is 928. The van der Waals surface area contributed by atoms with E-state index in [0.29, 0.717) is 10.7 Å². The van der Waals surface area contributed by atoms with E-state index in [1.807, 2.05) is 0 Å². The van der Waals surface area contributed by atoms with E-state index in [4.69, 9.17) is 11.6 Å². The van der Waals surface area contributed by atoms with Gasteiger partial charge in [0.15, 0.2) is 0 Å². The summed E-state index contributed by atoms with van der Waals surface area (Å²) in [4.78, 5) is 47.6. The highest BCUT2D eigenvalue weighted by Gasteiger charge is 2.37. The Balaban J connectivity index is 1.79. The second kappa shape index (κ2) is 6.33. The number of carbonyl (C=O) groups excluding carboxylic acids is 3. The molecule has 0 radical (unpaired) electrons. The van der Waals surface area contributed by atoms with Crippen molar-refractivity contribution >= 4 is 40.7 Å². The van der Waals surface area contributed by atoms with Crippen LogP contribution in [0.25, 0.3) is 0 Å². The van der Waals surface area contributed by atoms with Gasteiger partial charge in [-0.2, -0.15) is 0 Å². The van der Waals surface area contributed by atoms with Crippen molar-refractivity contribution in [2.75, 3.05) is 11.9 Å². The summed E-state index contributed by atoms with van der Waals surface area (Å²) < 4.78 is 0. The number of hydrogen-bond donors (Lipinski definition) is 1. The second-order valence-electron chi connectivity index (χ2n) is 5.21. The number of anilines is 1. The molecule has 8 nitrogen and oxygen atoms in total. The molecular weight excluding hydrogens is 350 g/mol. The number of imide groups is 1. The third kappa shape index (κ3) is 3.07. The highest BCUT2D eigenvalue weighted by Crippen LogP contribution is 2.27.